The number of urea groups is 1. The van der Waals surface area contributed by atoms with Crippen molar-refractivity contribution in [2.24, 2.45) is 7.05 Å². The van der Waals surface area contributed by atoms with Crippen LogP contribution in [0.5, 0.6) is 11.8 Å². The summed E-state index contributed by atoms with van der Waals surface area (Å²) >= 11 is 11.9. The van der Waals surface area contributed by atoms with Crippen molar-refractivity contribution in [1.29, 1.82) is 0 Å². The Hall–Kier alpha value is -7.32. The number of amides is 2. The molecule has 0 bridgehead atoms. The molecule has 0 saturated heterocycles. The first-order chi connectivity index (χ1) is 32.6. The number of sulfonamides is 1. The number of halogens is 8. The van der Waals surface area contributed by atoms with Crippen molar-refractivity contribution in [3.8, 4) is 17.4 Å². The van der Waals surface area contributed by atoms with Gasteiger partial charge >= 0.3 is 42.0 Å². The number of aromatic nitrogens is 6. The van der Waals surface area contributed by atoms with Crippen LogP contribution in [0.4, 0.5) is 37.1 Å². The van der Waals surface area contributed by atoms with Crippen LogP contribution in [-0.2, 0) is 39.2 Å². The number of alkyl halides is 6. The lowest BCUT2D eigenvalue weighted by molar-refractivity contribution is -0.144. The Kier molecular flexibility index (Phi) is 18.4. The Morgan fingerprint density at radius 2 is 1.57 bits per heavy atom. The summed E-state index contributed by atoms with van der Waals surface area (Å²) in [5.74, 6) is -1.45. The van der Waals surface area contributed by atoms with Crippen LogP contribution in [0, 0.1) is 6.92 Å². The predicted octanol–water partition coefficient (Wildman–Crippen LogP) is 7.32. The van der Waals surface area contributed by atoms with E-state index in [9.17, 15) is 58.7 Å². The molecule has 3 aromatic heterocycles. The topological polar surface area (TPSA) is 253 Å². The third kappa shape index (κ3) is 15.3. The number of ether oxygens (including phenoxy) is 3. The van der Waals surface area contributed by atoms with Crippen molar-refractivity contribution in [3.63, 3.8) is 0 Å². The van der Waals surface area contributed by atoms with Crippen molar-refractivity contribution < 1.29 is 68.5 Å². The zero-order chi connectivity index (χ0) is 52.3. The van der Waals surface area contributed by atoms with Crippen LogP contribution in [0.15, 0.2) is 93.5 Å². The van der Waals surface area contributed by atoms with Crippen LogP contribution in [0.3, 0.4) is 0 Å². The lowest BCUT2D eigenvalue weighted by Crippen LogP contribution is -2.40. The first kappa shape index (κ1) is 55.3. The van der Waals surface area contributed by atoms with Crippen molar-refractivity contribution in [1.82, 2.24) is 33.8 Å². The fourth-order valence-electron chi connectivity index (χ4n) is 5.75. The maximum Gasteiger partial charge on any atom is 0.431 e. The molecule has 0 atom stereocenters. The second kappa shape index (κ2) is 23.3. The number of hydrogen-bond donors (Lipinski definition) is 3. The summed E-state index contributed by atoms with van der Waals surface area (Å²) in [7, 11) is -2.25. The number of carbonyl (C=O) groups excluding carboxylic acids is 2. The molecule has 0 aliphatic heterocycles. The molecule has 70 heavy (non-hydrogen) atoms. The number of aryl methyl sites for hydroxylation is 2. The molecule has 0 fully saturated rings. The summed E-state index contributed by atoms with van der Waals surface area (Å²) in [5, 5.41) is 12.0. The van der Waals surface area contributed by atoms with Gasteiger partial charge in [-0.15, -0.1) is 0 Å². The summed E-state index contributed by atoms with van der Waals surface area (Å²) in [6.07, 6.45) is -9.90. The number of anilines is 1. The average molecular weight is 1050 g/mol. The molecule has 2 amide bonds. The minimum atomic E-state index is -4.86. The average Bonchev–Trinajstić information content (AvgIpc) is 3.26. The standard InChI is InChI=1S/C16H14ClF3N2O4.C15H16F3N5O4S.C11H8ClNO3/c1-8(2)26-14(24)10-6-9(4-5-11(10)17)22-13(23)7-12(16(18,19)20)21(3)15(22)25;1-9-19-12(22-14(20-9)27-2)21-13(24)23-28(25,26)11-6-4-3-5-10(11)7-8-15(16,17)18;12-8-3-4-9(16-6-10(14)15)11-7(8)2-1-5-13-11/h4-8H,1-3H3;3-6H,7-8H2,1-2H3,(H2,19,20,21,22,23,24);1-5H,6H2,(H,14,15). The molecule has 0 aliphatic carbocycles. The highest BCUT2D eigenvalue weighted by molar-refractivity contribution is 7.90. The summed E-state index contributed by atoms with van der Waals surface area (Å²) in [4.78, 5) is 73.9. The number of benzene rings is 3. The van der Waals surface area contributed by atoms with E-state index in [1.807, 2.05) is 0 Å². The fourth-order valence-corrected chi connectivity index (χ4v) is 7.34. The van der Waals surface area contributed by atoms with Gasteiger partial charge in [0.15, 0.2) is 6.61 Å². The number of aliphatic carboxylic acids is 1. The van der Waals surface area contributed by atoms with Crippen LogP contribution >= 0.6 is 23.2 Å². The van der Waals surface area contributed by atoms with Gasteiger partial charge in [-0.05, 0) is 81.3 Å². The van der Waals surface area contributed by atoms with Crippen molar-refractivity contribution in [3.05, 3.63) is 133 Å². The van der Waals surface area contributed by atoms with E-state index in [0.717, 1.165) is 24.6 Å². The van der Waals surface area contributed by atoms with Gasteiger partial charge in [-0.25, -0.2) is 36.9 Å². The third-order valence-corrected chi connectivity index (χ3v) is 10.8. The number of pyridine rings is 1. The van der Waals surface area contributed by atoms with Gasteiger partial charge < -0.3 is 19.3 Å². The number of hydrogen-bond acceptors (Lipinski definition) is 14. The molecule has 19 nitrogen and oxygen atoms in total. The number of carbonyl (C=O) groups is 3. The molecule has 0 spiro atoms. The quantitative estimate of drug-likeness (QED) is 0.0802. The summed E-state index contributed by atoms with van der Waals surface area (Å²) in [6.45, 7) is 4.34. The van der Waals surface area contributed by atoms with E-state index in [1.54, 1.807) is 49.0 Å². The minimum absolute atomic E-state index is 0.0104. The Morgan fingerprint density at radius 3 is 2.20 bits per heavy atom. The van der Waals surface area contributed by atoms with E-state index in [0.29, 0.717) is 31.5 Å². The molecule has 374 valence electrons. The molecule has 6 aromatic rings. The van der Waals surface area contributed by atoms with E-state index in [-0.39, 0.29) is 39.6 Å². The Bertz CT molecular complexity index is 3140. The SMILES string of the molecule is CC(C)OC(=O)c1cc(-n2c(=O)cc(C(F)(F)F)n(C)c2=O)ccc1Cl.COc1nc(C)nc(NC(=O)NS(=O)(=O)c2ccccc2CCC(F)(F)F)n1.O=C(O)COc1ccc(Cl)c2cccnc12. The predicted molar refractivity (Wildman–Crippen MR) is 239 cm³/mol. The number of nitrogens with zero attached hydrogens (tertiary/aromatic N) is 6. The lowest BCUT2D eigenvalue weighted by atomic mass is 10.1. The molecule has 3 N–H and O–H groups in total. The second-order valence-corrected chi connectivity index (χ2v) is 16.7. The number of nitrogens with one attached hydrogen (secondary N) is 2. The van der Waals surface area contributed by atoms with Gasteiger partial charge in [0.25, 0.3) is 15.6 Å². The van der Waals surface area contributed by atoms with Crippen LogP contribution in [0.2, 0.25) is 10.0 Å². The normalized spacial score (nSPS) is 11.4. The Balaban J connectivity index is 0.000000236. The number of fused-ring (bicyclic) bond motifs is 1. The third-order valence-electron chi connectivity index (χ3n) is 8.71. The van der Waals surface area contributed by atoms with Crippen LogP contribution in [0.25, 0.3) is 16.6 Å². The number of methoxy groups -OCH3 is 1. The summed E-state index contributed by atoms with van der Waals surface area (Å²) in [6, 6.07) is 14.6. The van der Waals surface area contributed by atoms with Gasteiger partial charge in [0.2, 0.25) is 5.95 Å². The molecule has 0 unspecified atom stereocenters. The maximum absolute atomic E-state index is 12.9. The maximum atomic E-state index is 12.9. The Labute approximate surface area is 402 Å². The van der Waals surface area contributed by atoms with Crippen LogP contribution in [-0.4, -0.2) is 86.6 Å². The number of rotatable bonds is 12. The molecule has 6 rings (SSSR count). The molecule has 0 aliphatic rings. The highest BCUT2D eigenvalue weighted by Crippen LogP contribution is 2.30. The van der Waals surface area contributed by atoms with Gasteiger partial charge in [0.1, 0.15) is 22.8 Å². The van der Waals surface area contributed by atoms with Crippen molar-refractivity contribution in [2.45, 2.75) is 57.0 Å². The second-order valence-electron chi connectivity index (χ2n) is 14.3. The molecular weight excluding hydrogens is 1010 g/mol. The van der Waals surface area contributed by atoms with Gasteiger partial charge in [-0.2, -0.15) is 41.3 Å². The van der Waals surface area contributed by atoms with E-state index < -0.39 is 87.7 Å². The number of carboxylic acids is 1. The molecule has 3 aromatic carbocycles. The minimum Gasteiger partial charge on any atom is -0.480 e. The zero-order valence-corrected chi connectivity index (χ0v) is 39.2. The molecule has 3 heterocycles. The smallest absolute Gasteiger partial charge is 0.431 e. The number of esters is 1. The van der Waals surface area contributed by atoms with Gasteiger partial charge in [-0.3, -0.25) is 19.7 Å². The zero-order valence-electron chi connectivity index (χ0n) is 36.8. The van der Waals surface area contributed by atoms with Gasteiger partial charge in [0, 0.05) is 31.1 Å². The lowest BCUT2D eigenvalue weighted by Gasteiger charge is -2.15. The highest BCUT2D eigenvalue weighted by Gasteiger charge is 2.35. The van der Waals surface area contributed by atoms with E-state index in [1.165, 1.54) is 44.4 Å². The van der Waals surface area contributed by atoms with E-state index >= 15 is 0 Å². The first-order valence-corrected chi connectivity index (χ1v) is 21.9. The number of carboxylic acid groups (broad SMARTS) is 1. The van der Waals surface area contributed by atoms with E-state index in [2.05, 4.69) is 25.3 Å². The molecule has 28 heteroatoms. The highest BCUT2D eigenvalue weighted by atomic mass is 35.5. The Morgan fingerprint density at radius 1 is 0.900 bits per heavy atom. The van der Waals surface area contributed by atoms with Crippen LogP contribution in [0.1, 0.15) is 47.7 Å². The first-order valence-electron chi connectivity index (χ1n) is 19.7. The van der Waals surface area contributed by atoms with Crippen molar-refractivity contribution >= 4 is 68.0 Å². The molecular formula is C42H38Cl2F6N8O11S. The summed E-state index contributed by atoms with van der Waals surface area (Å²) < 4.78 is 118. The largest absolute Gasteiger partial charge is 0.480 e. The van der Waals surface area contributed by atoms with Crippen molar-refractivity contribution in [2.75, 3.05) is 19.0 Å². The van der Waals surface area contributed by atoms with Gasteiger partial charge in [0.05, 0.1) is 39.4 Å². The molecule has 0 saturated carbocycles. The summed E-state index contributed by atoms with van der Waals surface area (Å²) in [5.41, 5.74) is -3.51. The van der Waals surface area contributed by atoms with E-state index in [4.69, 9.17) is 42.5 Å². The molecule has 0 radical (unpaired) electrons. The fraction of sp³-hybridized carbons (Fsp3) is 0.262. The van der Waals surface area contributed by atoms with Crippen LogP contribution < -0.4 is 30.8 Å². The monoisotopic (exact) mass is 1050 g/mol. The van der Waals surface area contributed by atoms with Gasteiger partial charge in [-0.1, -0.05) is 41.4 Å².